The van der Waals surface area contributed by atoms with E-state index in [1.54, 1.807) is 24.3 Å². The number of carbonyl (C=O) groups excluding carboxylic acids is 4. The molecule has 0 unspecified atom stereocenters. The summed E-state index contributed by atoms with van der Waals surface area (Å²) in [5.74, 6) is -1.62. The minimum Gasteiger partial charge on any atom is -0.387 e. The number of aliphatic hydroxyl groups is 2. The molecule has 0 aromatic heterocycles. The Morgan fingerprint density at radius 3 is 2.00 bits per heavy atom. The van der Waals surface area contributed by atoms with Gasteiger partial charge in [-0.2, -0.15) is 0 Å². The van der Waals surface area contributed by atoms with Crippen molar-refractivity contribution in [1.29, 1.82) is 0 Å². The molecule has 0 atom stereocenters. The molecule has 0 saturated carbocycles. The third-order valence-electron chi connectivity index (χ3n) is 3.70. The summed E-state index contributed by atoms with van der Waals surface area (Å²) >= 11 is 0. The van der Waals surface area contributed by atoms with Gasteiger partial charge in [0.25, 0.3) is 5.91 Å². The van der Waals surface area contributed by atoms with Crippen LogP contribution in [0, 0.1) is 0 Å². The first-order chi connectivity index (χ1) is 13.4. The molecule has 1 aromatic rings. The number of hydrogen-bond donors (Lipinski definition) is 5. The largest absolute Gasteiger partial charge is 0.387 e. The van der Waals surface area contributed by atoms with Gasteiger partial charge in [0.05, 0.1) is 0 Å². The molecule has 28 heavy (non-hydrogen) atoms. The highest BCUT2D eigenvalue weighted by Crippen LogP contribution is 2.09. The highest BCUT2D eigenvalue weighted by molar-refractivity contribution is 5.94. The van der Waals surface area contributed by atoms with Gasteiger partial charge >= 0.3 is 0 Å². The Kier molecular flexibility index (Phi) is 10.2. The molecule has 0 spiro atoms. The average Bonchev–Trinajstić information content (AvgIpc) is 2.70. The van der Waals surface area contributed by atoms with E-state index in [1.165, 1.54) is 11.8 Å². The topological polar surface area (TPSA) is 148 Å². The maximum atomic E-state index is 12.8. The number of rotatable bonds is 11. The predicted molar refractivity (Wildman–Crippen MR) is 100 cm³/mol. The summed E-state index contributed by atoms with van der Waals surface area (Å²) in [7, 11) is 0. The van der Waals surface area contributed by atoms with E-state index in [1.807, 2.05) is 0 Å². The lowest BCUT2D eigenvalue weighted by atomic mass is 10.1. The number of benzene rings is 1. The molecule has 154 valence electrons. The van der Waals surface area contributed by atoms with Crippen molar-refractivity contribution in [2.24, 2.45) is 0 Å². The number of amides is 4. The van der Waals surface area contributed by atoms with Crippen LogP contribution < -0.4 is 16.0 Å². The van der Waals surface area contributed by atoms with Gasteiger partial charge in [0.1, 0.15) is 13.2 Å². The van der Waals surface area contributed by atoms with Crippen molar-refractivity contribution in [3.8, 4) is 0 Å². The Morgan fingerprint density at radius 2 is 1.50 bits per heavy atom. The second kappa shape index (κ2) is 12.4. The third kappa shape index (κ3) is 8.60. The van der Waals surface area contributed by atoms with Gasteiger partial charge in [-0.05, 0) is 17.7 Å². The van der Waals surface area contributed by atoms with E-state index >= 15 is 0 Å². The molecule has 0 bridgehead atoms. The monoisotopic (exact) mass is 394 g/mol. The normalized spacial score (nSPS) is 10.1. The van der Waals surface area contributed by atoms with Gasteiger partial charge in [-0.1, -0.05) is 12.1 Å². The maximum Gasteiger partial charge on any atom is 0.253 e. The Morgan fingerprint density at radius 1 is 0.929 bits per heavy atom. The molecule has 0 saturated heterocycles. The molecule has 0 aliphatic carbocycles. The molecule has 10 nitrogen and oxygen atoms in total. The zero-order valence-electron chi connectivity index (χ0n) is 15.7. The summed E-state index contributed by atoms with van der Waals surface area (Å²) in [5.41, 5.74) is 1.15. The number of hydrogen-bond acceptors (Lipinski definition) is 6. The van der Waals surface area contributed by atoms with Gasteiger partial charge in [-0.15, -0.1) is 0 Å². The summed E-state index contributed by atoms with van der Waals surface area (Å²) in [5, 5.41) is 25.1. The van der Waals surface area contributed by atoms with Crippen LogP contribution >= 0.6 is 0 Å². The average molecular weight is 394 g/mol. The highest BCUT2D eigenvalue weighted by Gasteiger charge is 2.16. The summed E-state index contributed by atoms with van der Waals surface area (Å²) in [6, 6.07) is 6.76. The molecule has 0 radical (unpaired) electrons. The molecular weight excluding hydrogens is 368 g/mol. The molecular formula is C18H26N4O6. The standard InChI is InChI=1S/C18H26N4O6/c1-13(25)21-10-14-3-2-4-15(9-14)18(28)22(7-5-19-16(26)11-23)8-6-20-17(27)12-24/h2-4,9,23-24H,5-8,10-12H2,1H3,(H,19,26)(H,20,27)(H,21,25). The zero-order chi connectivity index (χ0) is 20.9. The van der Waals surface area contributed by atoms with Gasteiger partial charge in [0.15, 0.2) is 0 Å². The van der Waals surface area contributed by atoms with Crippen LogP contribution in [0.2, 0.25) is 0 Å². The fourth-order valence-corrected chi connectivity index (χ4v) is 2.31. The van der Waals surface area contributed by atoms with Gasteiger partial charge < -0.3 is 31.1 Å². The maximum absolute atomic E-state index is 12.8. The van der Waals surface area contributed by atoms with Crippen LogP contribution in [0.4, 0.5) is 0 Å². The van der Waals surface area contributed by atoms with Crippen molar-refractivity contribution in [2.45, 2.75) is 13.5 Å². The first-order valence-corrected chi connectivity index (χ1v) is 8.75. The van der Waals surface area contributed by atoms with E-state index < -0.39 is 25.0 Å². The van der Waals surface area contributed by atoms with E-state index in [2.05, 4.69) is 16.0 Å². The number of aliphatic hydroxyl groups excluding tert-OH is 2. The summed E-state index contributed by atoms with van der Waals surface area (Å²) in [6.45, 7) is 0.978. The van der Waals surface area contributed by atoms with Crippen LogP contribution in [0.1, 0.15) is 22.8 Å². The van der Waals surface area contributed by atoms with Crippen LogP contribution in [-0.2, 0) is 20.9 Å². The molecule has 0 aliphatic heterocycles. The lowest BCUT2D eigenvalue weighted by Crippen LogP contribution is -2.43. The van der Waals surface area contributed by atoms with Gasteiger partial charge in [0, 0.05) is 45.2 Å². The summed E-state index contributed by atoms with van der Waals surface area (Å²) < 4.78 is 0. The zero-order valence-corrected chi connectivity index (χ0v) is 15.7. The Bertz CT molecular complexity index is 672. The molecule has 5 N–H and O–H groups in total. The van der Waals surface area contributed by atoms with E-state index in [9.17, 15) is 19.2 Å². The smallest absolute Gasteiger partial charge is 0.253 e. The predicted octanol–water partition coefficient (Wildman–Crippen LogP) is -2.02. The third-order valence-corrected chi connectivity index (χ3v) is 3.70. The van der Waals surface area contributed by atoms with Crippen LogP contribution in [0.5, 0.6) is 0 Å². The first-order valence-electron chi connectivity index (χ1n) is 8.75. The van der Waals surface area contributed by atoms with E-state index in [0.717, 1.165) is 5.56 Å². The van der Waals surface area contributed by atoms with Crippen LogP contribution in [0.15, 0.2) is 24.3 Å². The quantitative estimate of drug-likeness (QED) is 0.293. The lowest BCUT2D eigenvalue weighted by molar-refractivity contribution is -0.124. The van der Waals surface area contributed by atoms with E-state index in [4.69, 9.17) is 10.2 Å². The summed E-state index contributed by atoms with van der Waals surface area (Å²) in [4.78, 5) is 47.7. The number of nitrogens with one attached hydrogen (secondary N) is 3. The second-order valence-electron chi connectivity index (χ2n) is 5.92. The van der Waals surface area contributed by atoms with Crippen molar-refractivity contribution in [3.63, 3.8) is 0 Å². The Hall–Kier alpha value is -2.98. The van der Waals surface area contributed by atoms with Crippen LogP contribution in [0.3, 0.4) is 0 Å². The number of carbonyl (C=O) groups is 4. The fourth-order valence-electron chi connectivity index (χ4n) is 2.31. The minimum atomic E-state index is -0.647. The van der Waals surface area contributed by atoms with Gasteiger partial charge in [-0.3, -0.25) is 19.2 Å². The highest BCUT2D eigenvalue weighted by atomic mass is 16.3. The van der Waals surface area contributed by atoms with Crippen molar-refractivity contribution in [2.75, 3.05) is 39.4 Å². The van der Waals surface area contributed by atoms with Crippen molar-refractivity contribution < 1.29 is 29.4 Å². The van der Waals surface area contributed by atoms with Crippen LogP contribution in [-0.4, -0.2) is 78.1 Å². The van der Waals surface area contributed by atoms with Crippen molar-refractivity contribution in [3.05, 3.63) is 35.4 Å². The number of nitrogens with zero attached hydrogens (tertiary/aromatic N) is 1. The molecule has 0 heterocycles. The first kappa shape index (κ1) is 23.1. The molecule has 4 amide bonds. The Labute approximate surface area is 162 Å². The molecule has 1 aromatic carbocycles. The molecule has 0 aliphatic rings. The second-order valence-corrected chi connectivity index (χ2v) is 5.92. The lowest BCUT2D eigenvalue weighted by Gasteiger charge is -2.23. The minimum absolute atomic E-state index is 0.130. The molecule has 10 heteroatoms. The fraction of sp³-hybridized carbons (Fsp3) is 0.444. The van der Waals surface area contributed by atoms with E-state index in [0.29, 0.717) is 5.56 Å². The summed E-state index contributed by atoms with van der Waals surface area (Å²) in [6.07, 6.45) is 0. The molecule has 0 fully saturated rings. The van der Waals surface area contributed by atoms with Crippen molar-refractivity contribution >= 4 is 23.6 Å². The molecule has 1 rings (SSSR count). The van der Waals surface area contributed by atoms with Crippen LogP contribution in [0.25, 0.3) is 0 Å². The Balaban J connectivity index is 2.80. The SMILES string of the molecule is CC(=O)NCc1cccc(C(=O)N(CCNC(=O)CO)CCNC(=O)CO)c1. The van der Waals surface area contributed by atoms with E-state index in [-0.39, 0.29) is 44.5 Å². The van der Waals surface area contributed by atoms with Gasteiger partial charge in [0.2, 0.25) is 17.7 Å². The van der Waals surface area contributed by atoms with Gasteiger partial charge in [-0.25, -0.2) is 0 Å². The van der Waals surface area contributed by atoms with Crippen molar-refractivity contribution in [1.82, 2.24) is 20.9 Å².